The molecule has 0 fully saturated rings. The molecule has 0 amide bonds. The summed E-state index contributed by atoms with van der Waals surface area (Å²) >= 11 is 0. The van der Waals surface area contributed by atoms with Gasteiger partial charge in [-0.25, -0.2) is 4.79 Å². The molecule has 0 bridgehead atoms. The Bertz CT molecular complexity index is 828. The van der Waals surface area contributed by atoms with Gasteiger partial charge < -0.3 is 19.5 Å². The van der Waals surface area contributed by atoms with Crippen molar-refractivity contribution in [1.29, 1.82) is 0 Å². The van der Waals surface area contributed by atoms with E-state index >= 15 is 0 Å². The average Bonchev–Trinajstić information content (AvgIpc) is 3.10. The van der Waals surface area contributed by atoms with Gasteiger partial charge in [0, 0.05) is 23.5 Å². The Morgan fingerprint density at radius 3 is 2.80 bits per heavy atom. The fourth-order valence-electron chi connectivity index (χ4n) is 2.31. The lowest BCUT2D eigenvalue weighted by Crippen LogP contribution is -2.04. The average molecular weight is 339 g/mol. The molecule has 1 N–H and O–H groups in total. The van der Waals surface area contributed by atoms with Crippen LogP contribution >= 0.6 is 0 Å². The number of esters is 1. The van der Waals surface area contributed by atoms with Crippen molar-refractivity contribution in [3.63, 3.8) is 0 Å². The molecule has 1 aliphatic rings. The van der Waals surface area contributed by atoms with Crippen LogP contribution in [0, 0.1) is 0 Å². The molecule has 0 unspecified atom stereocenters. The van der Waals surface area contributed by atoms with Gasteiger partial charge in [0.05, 0.1) is 12.2 Å². The molecule has 0 atom stereocenters. The second-order valence-corrected chi connectivity index (χ2v) is 5.21. The standard InChI is InChI=1S/C19H17NO5/c1-2-23-19(22)14-4-3-5-15(10-14)20-9-8-16(21)13-6-7-17-18(11-13)25-12-24-17/h3-11,20H,2,12H2,1H3. The molecule has 2 aromatic carbocycles. The SMILES string of the molecule is CCOC(=O)c1cccc(NC=CC(=O)c2ccc3c(c2)OCO3)c1. The minimum atomic E-state index is -0.383. The number of ether oxygens (including phenoxy) is 3. The van der Waals surface area contributed by atoms with Gasteiger partial charge in [-0.2, -0.15) is 0 Å². The van der Waals surface area contributed by atoms with Crippen LogP contribution in [0.5, 0.6) is 11.5 Å². The highest BCUT2D eigenvalue weighted by molar-refractivity contribution is 6.05. The zero-order chi connectivity index (χ0) is 17.6. The topological polar surface area (TPSA) is 73.9 Å². The first-order valence-electron chi connectivity index (χ1n) is 7.81. The molecule has 25 heavy (non-hydrogen) atoms. The Hall–Kier alpha value is -3.28. The Morgan fingerprint density at radius 2 is 1.96 bits per heavy atom. The summed E-state index contributed by atoms with van der Waals surface area (Å²) in [5.41, 5.74) is 1.63. The molecule has 6 nitrogen and oxygen atoms in total. The van der Waals surface area contributed by atoms with Crippen molar-refractivity contribution in [3.05, 3.63) is 65.9 Å². The molecule has 1 heterocycles. The van der Waals surface area contributed by atoms with Crippen molar-refractivity contribution in [2.24, 2.45) is 0 Å². The van der Waals surface area contributed by atoms with Gasteiger partial charge in [0.2, 0.25) is 6.79 Å². The van der Waals surface area contributed by atoms with Crippen molar-refractivity contribution >= 4 is 17.4 Å². The summed E-state index contributed by atoms with van der Waals surface area (Å²) in [5, 5.41) is 2.97. The van der Waals surface area contributed by atoms with Gasteiger partial charge in [0.15, 0.2) is 17.3 Å². The second-order valence-electron chi connectivity index (χ2n) is 5.21. The fraction of sp³-hybridized carbons (Fsp3) is 0.158. The number of allylic oxidation sites excluding steroid dienone is 1. The number of anilines is 1. The highest BCUT2D eigenvalue weighted by atomic mass is 16.7. The highest BCUT2D eigenvalue weighted by Crippen LogP contribution is 2.32. The van der Waals surface area contributed by atoms with E-state index in [1.807, 2.05) is 0 Å². The molecule has 128 valence electrons. The maximum absolute atomic E-state index is 12.2. The second kappa shape index (κ2) is 7.53. The van der Waals surface area contributed by atoms with Crippen molar-refractivity contribution in [2.75, 3.05) is 18.7 Å². The lowest BCUT2D eigenvalue weighted by molar-refractivity contribution is 0.0526. The summed E-state index contributed by atoms with van der Waals surface area (Å²) in [6.45, 7) is 2.24. The van der Waals surface area contributed by atoms with E-state index in [1.54, 1.807) is 49.4 Å². The lowest BCUT2D eigenvalue weighted by atomic mass is 10.1. The molecule has 0 spiro atoms. The van der Waals surface area contributed by atoms with E-state index in [-0.39, 0.29) is 18.5 Å². The Morgan fingerprint density at radius 1 is 1.12 bits per heavy atom. The summed E-state index contributed by atoms with van der Waals surface area (Å²) in [7, 11) is 0. The van der Waals surface area contributed by atoms with E-state index in [0.29, 0.717) is 34.9 Å². The lowest BCUT2D eigenvalue weighted by Gasteiger charge is -2.05. The first-order chi connectivity index (χ1) is 12.2. The molecular formula is C19H17NO5. The summed E-state index contributed by atoms with van der Waals surface area (Å²) in [5.74, 6) is 0.641. The number of hydrogen-bond donors (Lipinski definition) is 1. The number of carbonyl (C=O) groups excluding carboxylic acids is 2. The molecule has 0 aliphatic carbocycles. The molecule has 0 saturated heterocycles. The van der Waals surface area contributed by atoms with Gasteiger partial charge in [0.25, 0.3) is 0 Å². The van der Waals surface area contributed by atoms with Crippen molar-refractivity contribution < 1.29 is 23.8 Å². The van der Waals surface area contributed by atoms with Crippen LogP contribution in [0.4, 0.5) is 5.69 Å². The van der Waals surface area contributed by atoms with Crippen LogP contribution in [0.15, 0.2) is 54.7 Å². The third-order valence-electron chi connectivity index (χ3n) is 3.52. The van der Waals surface area contributed by atoms with Crippen LogP contribution in [0.25, 0.3) is 0 Å². The first kappa shape index (κ1) is 16.6. The summed E-state index contributed by atoms with van der Waals surface area (Å²) in [6, 6.07) is 11.9. The van der Waals surface area contributed by atoms with Crippen LogP contribution < -0.4 is 14.8 Å². The van der Waals surface area contributed by atoms with Crippen LogP contribution in [0.2, 0.25) is 0 Å². The minimum absolute atomic E-state index is 0.168. The van der Waals surface area contributed by atoms with E-state index in [9.17, 15) is 9.59 Å². The minimum Gasteiger partial charge on any atom is -0.462 e. The molecule has 0 aromatic heterocycles. The Balaban J connectivity index is 1.64. The van der Waals surface area contributed by atoms with E-state index in [0.717, 1.165) is 0 Å². The summed E-state index contributed by atoms with van der Waals surface area (Å²) in [6.07, 6.45) is 2.94. The Kier molecular flexibility index (Phi) is 4.99. The van der Waals surface area contributed by atoms with Crippen LogP contribution in [0.1, 0.15) is 27.6 Å². The van der Waals surface area contributed by atoms with Gasteiger partial charge in [-0.05, 0) is 43.3 Å². The molecule has 1 aliphatic heterocycles. The van der Waals surface area contributed by atoms with Crippen molar-refractivity contribution in [2.45, 2.75) is 6.92 Å². The smallest absolute Gasteiger partial charge is 0.338 e. The zero-order valence-electron chi connectivity index (χ0n) is 13.7. The largest absolute Gasteiger partial charge is 0.462 e. The van der Waals surface area contributed by atoms with Crippen LogP contribution in [-0.4, -0.2) is 25.2 Å². The van der Waals surface area contributed by atoms with Crippen LogP contribution in [0.3, 0.4) is 0 Å². The van der Waals surface area contributed by atoms with Gasteiger partial charge in [-0.15, -0.1) is 0 Å². The number of fused-ring (bicyclic) bond motifs is 1. The first-order valence-corrected chi connectivity index (χ1v) is 7.81. The summed E-state index contributed by atoms with van der Waals surface area (Å²) < 4.78 is 15.4. The zero-order valence-corrected chi connectivity index (χ0v) is 13.7. The van der Waals surface area contributed by atoms with Crippen molar-refractivity contribution in [3.8, 4) is 11.5 Å². The van der Waals surface area contributed by atoms with Gasteiger partial charge in [-0.1, -0.05) is 6.07 Å². The van der Waals surface area contributed by atoms with E-state index in [2.05, 4.69) is 5.32 Å². The quantitative estimate of drug-likeness (QED) is 0.494. The monoisotopic (exact) mass is 339 g/mol. The number of benzene rings is 2. The third-order valence-corrected chi connectivity index (χ3v) is 3.52. The van der Waals surface area contributed by atoms with Crippen molar-refractivity contribution in [1.82, 2.24) is 0 Å². The predicted molar refractivity (Wildman–Crippen MR) is 92.1 cm³/mol. The maximum Gasteiger partial charge on any atom is 0.338 e. The molecular weight excluding hydrogens is 322 g/mol. The number of nitrogens with one attached hydrogen (secondary N) is 1. The highest BCUT2D eigenvalue weighted by Gasteiger charge is 2.15. The number of ketones is 1. The van der Waals surface area contributed by atoms with Crippen LogP contribution in [-0.2, 0) is 4.74 Å². The van der Waals surface area contributed by atoms with Gasteiger partial charge in [0.1, 0.15) is 0 Å². The number of rotatable bonds is 6. The third kappa shape index (κ3) is 3.98. The van der Waals surface area contributed by atoms with Gasteiger partial charge >= 0.3 is 5.97 Å². The fourth-order valence-corrected chi connectivity index (χ4v) is 2.31. The van der Waals surface area contributed by atoms with E-state index < -0.39 is 0 Å². The molecule has 6 heteroatoms. The van der Waals surface area contributed by atoms with E-state index in [4.69, 9.17) is 14.2 Å². The summed E-state index contributed by atoms with van der Waals surface area (Å²) in [4.78, 5) is 23.9. The molecule has 2 aromatic rings. The number of hydrogen-bond acceptors (Lipinski definition) is 6. The van der Waals surface area contributed by atoms with Gasteiger partial charge in [-0.3, -0.25) is 4.79 Å². The molecule has 0 saturated carbocycles. The maximum atomic E-state index is 12.2. The number of carbonyl (C=O) groups is 2. The normalized spacial score (nSPS) is 12.2. The van der Waals surface area contributed by atoms with E-state index in [1.165, 1.54) is 12.3 Å². The predicted octanol–water partition coefficient (Wildman–Crippen LogP) is 3.40. The molecule has 0 radical (unpaired) electrons. The Labute approximate surface area is 145 Å². The molecule has 3 rings (SSSR count).